The van der Waals surface area contributed by atoms with Crippen molar-refractivity contribution in [1.29, 1.82) is 0 Å². The third-order valence-electron chi connectivity index (χ3n) is 2.53. The topological polar surface area (TPSA) is 98.7 Å². The van der Waals surface area contributed by atoms with Crippen LogP contribution in [0.4, 0.5) is 4.79 Å². The molecular formula is C11H21N3O4. The summed E-state index contributed by atoms with van der Waals surface area (Å²) in [5, 5.41) is 13.5. The van der Waals surface area contributed by atoms with Crippen molar-refractivity contribution < 1.29 is 19.5 Å². The second kappa shape index (κ2) is 6.23. The lowest BCUT2D eigenvalue weighted by molar-refractivity contribution is -0.142. The van der Waals surface area contributed by atoms with Gasteiger partial charge in [-0.2, -0.15) is 0 Å². The molecule has 7 heteroatoms. The van der Waals surface area contributed by atoms with Gasteiger partial charge in [-0.25, -0.2) is 9.59 Å². The molecule has 3 N–H and O–H groups in total. The van der Waals surface area contributed by atoms with Crippen molar-refractivity contribution in [3.63, 3.8) is 0 Å². The largest absolute Gasteiger partial charge is 0.480 e. The minimum Gasteiger partial charge on any atom is -0.480 e. The van der Waals surface area contributed by atoms with Crippen LogP contribution in [0.5, 0.6) is 0 Å². The first kappa shape index (κ1) is 16.2. The van der Waals surface area contributed by atoms with Crippen molar-refractivity contribution in [2.75, 3.05) is 13.6 Å². The van der Waals surface area contributed by atoms with E-state index in [1.54, 1.807) is 14.0 Å². The maximum Gasteiger partial charge on any atom is 0.328 e. The number of carbonyl (C=O) groups excluding carboxylic acids is 2. The molecule has 0 aliphatic rings. The van der Waals surface area contributed by atoms with E-state index in [0.29, 0.717) is 6.54 Å². The van der Waals surface area contributed by atoms with Crippen LogP contribution in [0.2, 0.25) is 0 Å². The van der Waals surface area contributed by atoms with E-state index in [1.807, 2.05) is 6.92 Å². The van der Waals surface area contributed by atoms with Crippen LogP contribution in [0, 0.1) is 0 Å². The summed E-state index contributed by atoms with van der Waals surface area (Å²) in [7, 11) is 1.62. The standard InChI is InChI=1S/C11H21N3O4/c1-6-14(5)8(15)7(2)12-10(18)13-11(3,4)9(16)17/h7H,6H2,1-5H3,(H,16,17)(H2,12,13,18). The summed E-state index contributed by atoms with van der Waals surface area (Å²) < 4.78 is 0. The van der Waals surface area contributed by atoms with Gasteiger partial charge in [-0.3, -0.25) is 4.79 Å². The number of hydrogen-bond donors (Lipinski definition) is 3. The number of hydrogen-bond acceptors (Lipinski definition) is 3. The number of carboxylic acid groups (broad SMARTS) is 1. The molecule has 0 spiro atoms. The first-order chi connectivity index (χ1) is 8.11. The van der Waals surface area contributed by atoms with Crippen LogP contribution in [-0.2, 0) is 9.59 Å². The second-order valence-electron chi connectivity index (χ2n) is 4.60. The van der Waals surface area contributed by atoms with E-state index in [4.69, 9.17) is 5.11 Å². The number of nitrogens with one attached hydrogen (secondary N) is 2. The van der Waals surface area contributed by atoms with E-state index in [1.165, 1.54) is 18.7 Å². The van der Waals surface area contributed by atoms with Crippen LogP contribution in [0.25, 0.3) is 0 Å². The fraction of sp³-hybridized carbons (Fsp3) is 0.727. The van der Waals surface area contributed by atoms with Crippen molar-refractivity contribution in [3.05, 3.63) is 0 Å². The molecule has 0 aliphatic heterocycles. The molecule has 0 heterocycles. The van der Waals surface area contributed by atoms with Crippen LogP contribution in [0.15, 0.2) is 0 Å². The molecule has 0 saturated carbocycles. The Bertz CT molecular complexity index is 341. The number of likely N-dealkylation sites (N-methyl/N-ethyl adjacent to an activating group) is 1. The molecule has 0 aromatic heterocycles. The predicted molar refractivity (Wildman–Crippen MR) is 66.2 cm³/mol. The third kappa shape index (κ3) is 4.60. The van der Waals surface area contributed by atoms with Gasteiger partial charge < -0.3 is 20.6 Å². The quantitative estimate of drug-likeness (QED) is 0.648. The van der Waals surface area contributed by atoms with Crippen molar-refractivity contribution >= 4 is 17.9 Å². The van der Waals surface area contributed by atoms with E-state index >= 15 is 0 Å². The Morgan fingerprint density at radius 1 is 1.33 bits per heavy atom. The number of amides is 3. The Morgan fingerprint density at radius 3 is 2.22 bits per heavy atom. The van der Waals surface area contributed by atoms with Crippen molar-refractivity contribution in [2.24, 2.45) is 0 Å². The Balaban J connectivity index is 4.42. The normalized spacial score (nSPS) is 12.5. The maximum absolute atomic E-state index is 11.7. The molecular weight excluding hydrogens is 238 g/mol. The second-order valence-corrected chi connectivity index (χ2v) is 4.60. The first-order valence-corrected chi connectivity index (χ1v) is 5.68. The molecule has 3 amide bonds. The molecule has 0 fully saturated rings. The molecule has 0 rings (SSSR count). The highest BCUT2D eigenvalue weighted by molar-refractivity contribution is 5.89. The van der Waals surface area contributed by atoms with Gasteiger partial charge in [0.1, 0.15) is 11.6 Å². The summed E-state index contributed by atoms with van der Waals surface area (Å²) in [6.45, 7) is 6.62. The summed E-state index contributed by atoms with van der Waals surface area (Å²) in [6.07, 6.45) is 0. The Hall–Kier alpha value is -1.79. The third-order valence-corrected chi connectivity index (χ3v) is 2.53. The highest BCUT2D eigenvalue weighted by atomic mass is 16.4. The number of aliphatic carboxylic acids is 1. The van der Waals surface area contributed by atoms with Crippen molar-refractivity contribution in [3.8, 4) is 0 Å². The molecule has 0 aromatic carbocycles. The van der Waals surface area contributed by atoms with Crippen LogP contribution >= 0.6 is 0 Å². The SMILES string of the molecule is CCN(C)C(=O)C(C)NC(=O)NC(C)(C)C(=O)O. The summed E-state index contributed by atoms with van der Waals surface area (Å²) in [5.74, 6) is -1.39. The number of urea groups is 1. The fourth-order valence-corrected chi connectivity index (χ4v) is 1.12. The van der Waals surface area contributed by atoms with Crippen LogP contribution in [0.1, 0.15) is 27.7 Å². The Labute approximate surface area is 107 Å². The van der Waals surface area contributed by atoms with Gasteiger partial charge in [0.25, 0.3) is 0 Å². The van der Waals surface area contributed by atoms with Crippen LogP contribution < -0.4 is 10.6 Å². The Kier molecular flexibility index (Phi) is 5.61. The summed E-state index contributed by atoms with van der Waals surface area (Å²) >= 11 is 0. The van der Waals surface area contributed by atoms with Crippen molar-refractivity contribution in [2.45, 2.75) is 39.3 Å². The molecule has 0 saturated heterocycles. The average Bonchev–Trinajstić information content (AvgIpc) is 2.25. The first-order valence-electron chi connectivity index (χ1n) is 5.68. The highest BCUT2D eigenvalue weighted by Crippen LogP contribution is 2.01. The molecule has 18 heavy (non-hydrogen) atoms. The monoisotopic (exact) mass is 259 g/mol. The van der Waals surface area contributed by atoms with Crippen molar-refractivity contribution in [1.82, 2.24) is 15.5 Å². The Morgan fingerprint density at radius 2 is 1.83 bits per heavy atom. The van der Waals surface area contributed by atoms with Gasteiger partial charge in [0, 0.05) is 13.6 Å². The number of rotatable bonds is 5. The predicted octanol–water partition coefficient (Wildman–Crippen LogP) is 0.0156. The zero-order valence-corrected chi connectivity index (χ0v) is 11.4. The highest BCUT2D eigenvalue weighted by Gasteiger charge is 2.30. The van der Waals surface area contributed by atoms with Gasteiger partial charge in [-0.05, 0) is 27.7 Å². The van der Waals surface area contributed by atoms with Gasteiger partial charge in [0.15, 0.2) is 0 Å². The minimum atomic E-state index is -1.39. The molecule has 0 bridgehead atoms. The summed E-state index contributed by atoms with van der Waals surface area (Å²) in [6, 6.07) is -1.40. The molecule has 1 atom stereocenters. The smallest absolute Gasteiger partial charge is 0.328 e. The zero-order valence-electron chi connectivity index (χ0n) is 11.4. The average molecular weight is 259 g/mol. The number of nitrogens with zero attached hydrogens (tertiary/aromatic N) is 1. The maximum atomic E-state index is 11.7. The zero-order chi connectivity index (χ0) is 14.5. The molecule has 1 unspecified atom stereocenters. The fourth-order valence-electron chi connectivity index (χ4n) is 1.12. The van der Waals surface area contributed by atoms with E-state index in [2.05, 4.69) is 10.6 Å². The van der Waals surface area contributed by atoms with Gasteiger partial charge in [-0.15, -0.1) is 0 Å². The molecule has 0 radical (unpaired) electrons. The van der Waals surface area contributed by atoms with E-state index < -0.39 is 23.6 Å². The number of carboxylic acids is 1. The van der Waals surface area contributed by atoms with E-state index in [0.717, 1.165) is 0 Å². The molecule has 0 aliphatic carbocycles. The van der Waals surface area contributed by atoms with Gasteiger partial charge >= 0.3 is 12.0 Å². The lowest BCUT2D eigenvalue weighted by Gasteiger charge is -2.24. The lowest BCUT2D eigenvalue weighted by Crippen LogP contribution is -2.56. The molecule has 7 nitrogen and oxygen atoms in total. The minimum absolute atomic E-state index is 0.235. The lowest BCUT2D eigenvalue weighted by atomic mass is 10.1. The number of carbonyl (C=O) groups is 3. The summed E-state index contributed by atoms with van der Waals surface area (Å²) in [4.78, 5) is 35.5. The van der Waals surface area contributed by atoms with E-state index in [-0.39, 0.29) is 5.91 Å². The van der Waals surface area contributed by atoms with Crippen LogP contribution in [-0.4, -0.2) is 53.1 Å². The van der Waals surface area contributed by atoms with Crippen LogP contribution in [0.3, 0.4) is 0 Å². The van der Waals surface area contributed by atoms with Gasteiger partial charge in [0.2, 0.25) is 5.91 Å². The van der Waals surface area contributed by atoms with E-state index in [9.17, 15) is 14.4 Å². The molecule has 0 aromatic rings. The van der Waals surface area contributed by atoms with Gasteiger partial charge in [0.05, 0.1) is 0 Å². The van der Waals surface area contributed by atoms with Gasteiger partial charge in [-0.1, -0.05) is 0 Å². The summed E-state index contributed by atoms with van der Waals surface area (Å²) in [5.41, 5.74) is -1.39. The molecule has 104 valence electrons.